The molecule has 0 saturated carbocycles. The molecule has 0 bridgehead atoms. The van der Waals surface area contributed by atoms with E-state index in [0.717, 1.165) is 19.3 Å². The van der Waals surface area contributed by atoms with Crippen molar-refractivity contribution in [3.8, 4) is 0 Å². The van der Waals surface area contributed by atoms with Crippen LogP contribution in [0.2, 0.25) is 0 Å². The number of nitrogens with zero attached hydrogens (tertiary/aromatic N) is 2. The van der Waals surface area contributed by atoms with Gasteiger partial charge in [0, 0.05) is 19.7 Å². The lowest BCUT2D eigenvalue weighted by Gasteiger charge is -2.04. The molecule has 1 rings (SSSR count). The number of aryl methyl sites for hydroxylation is 1. The SMILES string of the molecule is CCCCCCCCC(=O)Nc1nn(C)cc1S(N)(=O)=O. The summed E-state index contributed by atoms with van der Waals surface area (Å²) >= 11 is 0. The van der Waals surface area contributed by atoms with Crippen LogP contribution in [0.25, 0.3) is 0 Å². The second-order valence-corrected chi connectivity index (χ2v) is 6.66. The first-order valence-electron chi connectivity index (χ1n) is 7.21. The largest absolute Gasteiger partial charge is 0.308 e. The lowest BCUT2D eigenvalue weighted by atomic mass is 10.1. The van der Waals surface area contributed by atoms with Gasteiger partial charge in [-0.15, -0.1) is 0 Å². The van der Waals surface area contributed by atoms with Crippen LogP contribution in [0.5, 0.6) is 0 Å². The van der Waals surface area contributed by atoms with Crippen LogP contribution >= 0.6 is 0 Å². The second-order valence-electron chi connectivity index (χ2n) is 5.13. The Bertz CT molecular complexity index is 566. The van der Waals surface area contributed by atoms with E-state index in [0.29, 0.717) is 6.42 Å². The zero-order chi connectivity index (χ0) is 15.9. The third-order valence-electron chi connectivity index (χ3n) is 3.12. The molecule has 8 heteroatoms. The topological polar surface area (TPSA) is 107 Å². The van der Waals surface area contributed by atoms with Crippen LogP contribution in [0.4, 0.5) is 5.82 Å². The number of aromatic nitrogens is 2. The Balaban J connectivity index is 2.45. The first kappa shape index (κ1) is 17.6. The van der Waals surface area contributed by atoms with Crippen LogP contribution in [-0.2, 0) is 21.9 Å². The minimum Gasteiger partial charge on any atom is -0.308 e. The Morgan fingerprint density at radius 2 is 1.90 bits per heavy atom. The van der Waals surface area contributed by atoms with Crippen molar-refractivity contribution in [3.05, 3.63) is 6.20 Å². The third-order valence-corrected chi connectivity index (χ3v) is 4.03. The lowest BCUT2D eigenvalue weighted by Crippen LogP contribution is -2.17. The third kappa shape index (κ3) is 6.26. The molecule has 3 N–H and O–H groups in total. The maximum Gasteiger partial charge on any atom is 0.243 e. The average Bonchev–Trinajstić information content (AvgIpc) is 2.74. The number of hydrogen-bond acceptors (Lipinski definition) is 4. The fourth-order valence-corrected chi connectivity index (χ4v) is 2.68. The summed E-state index contributed by atoms with van der Waals surface area (Å²) in [5.41, 5.74) is 0. The molecular weight excluding hydrogens is 292 g/mol. The van der Waals surface area contributed by atoms with E-state index < -0.39 is 10.0 Å². The van der Waals surface area contributed by atoms with Gasteiger partial charge in [-0.3, -0.25) is 9.48 Å². The minimum absolute atomic E-state index is 0.00372. The monoisotopic (exact) mass is 316 g/mol. The molecule has 0 aliphatic heterocycles. The zero-order valence-electron chi connectivity index (χ0n) is 12.6. The first-order chi connectivity index (χ1) is 9.84. The maximum absolute atomic E-state index is 11.8. The van der Waals surface area contributed by atoms with Crippen LogP contribution in [0.1, 0.15) is 51.9 Å². The molecule has 0 aliphatic carbocycles. The molecule has 120 valence electrons. The van der Waals surface area contributed by atoms with Gasteiger partial charge in [0.05, 0.1) is 0 Å². The van der Waals surface area contributed by atoms with Crippen molar-refractivity contribution in [2.75, 3.05) is 5.32 Å². The number of carbonyl (C=O) groups is 1. The van der Waals surface area contributed by atoms with Crippen LogP contribution in [-0.4, -0.2) is 24.1 Å². The van der Waals surface area contributed by atoms with E-state index in [1.165, 1.54) is 30.1 Å². The standard InChI is InChI=1S/C13H24N4O3S/c1-3-4-5-6-7-8-9-12(18)15-13-11(21(14,19)20)10-17(2)16-13/h10H,3-9H2,1-2H3,(H2,14,19,20)(H,15,16,18). The quantitative estimate of drug-likeness (QED) is 0.677. The molecule has 0 unspecified atom stereocenters. The van der Waals surface area contributed by atoms with Gasteiger partial charge < -0.3 is 5.32 Å². The van der Waals surface area contributed by atoms with Gasteiger partial charge in [0.1, 0.15) is 4.90 Å². The van der Waals surface area contributed by atoms with Crippen molar-refractivity contribution in [2.24, 2.45) is 12.2 Å². The van der Waals surface area contributed by atoms with E-state index in [1.54, 1.807) is 7.05 Å². The van der Waals surface area contributed by atoms with Gasteiger partial charge in [-0.25, -0.2) is 13.6 Å². The summed E-state index contributed by atoms with van der Waals surface area (Å²) in [6, 6.07) is 0. The normalized spacial score (nSPS) is 11.6. The number of anilines is 1. The van der Waals surface area contributed by atoms with Crippen molar-refractivity contribution in [3.63, 3.8) is 0 Å². The second kappa shape index (κ2) is 8.14. The van der Waals surface area contributed by atoms with Gasteiger partial charge in [0.25, 0.3) is 0 Å². The summed E-state index contributed by atoms with van der Waals surface area (Å²) in [5.74, 6) is -0.245. The summed E-state index contributed by atoms with van der Waals surface area (Å²) in [6.45, 7) is 2.16. The summed E-state index contributed by atoms with van der Waals surface area (Å²) in [4.78, 5) is 11.6. The molecule has 0 spiro atoms. The molecule has 1 aromatic heterocycles. The van der Waals surface area contributed by atoms with Crippen molar-refractivity contribution >= 4 is 21.7 Å². The Kier molecular flexibility index (Phi) is 6.83. The molecule has 21 heavy (non-hydrogen) atoms. The van der Waals surface area contributed by atoms with Crippen LogP contribution < -0.4 is 10.5 Å². The van der Waals surface area contributed by atoms with Crippen molar-refractivity contribution in [1.82, 2.24) is 9.78 Å². The van der Waals surface area contributed by atoms with Gasteiger partial charge in [-0.2, -0.15) is 5.10 Å². The molecule has 7 nitrogen and oxygen atoms in total. The highest BCUT2D eigenvalue weighted by atomic mass is 32.2. The molecule has 0 saturated heterocycles. The predicted molar refractivity (Wildman–Crippen MR) is 81.2 cm³/mol. The summed E-state index contributed by atoms with van der Waals surface area (Å²) in [7, 11) is -2.32. The van der Waals surface area contributed by atoms with E-state index in [9.17, 15) is 13.2 Å². The van der Waals surface area contributed by atoms with Gasteiger partial charge in [-0.05, 0) is 6.42 Å². The Morgan fingerprint density at radius 1 is 1.29 bits per heavy atom. The minimum atomic E-state index is -3.89. The van der Waals surface area contributed by atoms with Gasteiger partial charge in [0.15, 0.2) is 5.82 Å². The number of nitrogens with one attached hydrogen (secondary N) is 1. The average molecular weight is 316 g/mol. The molecular formula is C13H24N4O3S. The molecule has 0 aliphatic rings. The number of rotatable bonds is 9. The maximum atomic E-state index is 11.8. The highest BCUT2D eigenvalue weighted by Gasteiger charge is 2.19. The van der Waals surface area contributed by atoms with Crippen molar-refractivity contribution in [1.29, 1.82) is 0 Å². The van der Waals surface area contributed by atoms with Crippen molar-refractivity contribution < 1.29 is 13.2 Å². The van der Waals surface area contributed by atoms with Gasteiger partial charge >= 0.3 is 0 Å². The fraction of sp³-hybridized carbons (Fsp3) is 0.692. The number of carbonyl (C=O) groups excluding carboxylic acids is 1. The van der Waals surface area contributed by atoms with Crippen molar-refractivity contribution in [2.45, 2.75) is 56.8 Å². The van der Waals surface area contributed by atoms with E-state index in [1.807, 2.05) is 0 Å². The molecule has 0 fully saturated rings. The van der Waals surface area contributed by atoms with Gasteiger partial charge in [-0.1, -0.05) is 39.0 Å². The Hall–Kier alpha value is -1.41. The lowest BCUT2D eigenvalue weighted by molar-refractivity contribution is -0.116. The van der Waals surface area contributed by atoms with Crippen LogP contribution in [0, 0.1) is 0 Å². The number of primary sulfonamides is 1. The molecule has 0 atom stereocenters. The Morgan fingerprint density at radius 3 is 2.52 bits per heavy atom. The zero-order valence-corrected chi connectivity index (χ0v) is 13.4. The van der Waals surface area contributed by atoms with E-state index in [2.05, 4.69) is 17.3 Å². The molecule has 0 radical (unpaired) electrons. The summed E-state index contributed by atoms with van der Waals surface area (Å²) in [5, 5.41) is 11.5. The molecule has 1 aromatic rings. The number of amides is 1. The number of unbranched alkanes of at least 4 members (excludes halogenated alkanes) is 5. The van der Waals surface area contributed by atoms with Crippen LogP contribution in [0.15, 0.2) is 11.1 Å². The Labute approximate surface area is 126 Å². The fourth-order valence-electron chi connectivity index (χ4n) is 2.02. The summed E-state index contributed by atoms with van der Waals surface area (Å²) < 4.78 is 24.1. The first-order valence-corrected chi connectivity index (χ1v) is 8.75. The van der Waals surface area contributed by atoms with Crippen LogP contribution in [0.3, 0.4) is 0 Å². The van der Waals surface area contributed by atoms with E-state index >= 15 is 0 Å². The molecule has 0 aromatic carbocycles. The molecule has 1 amide bonds. The van der Waals surface area contributed by atoms with E-state index in [4.69, 9.17) is 5.14 Å². The highest BCUT2D eigenvalue weighted by Crippen LogP contribution is 2.17. The number of nitrogens with two attached hydrogens (primary N) is 1. The number of hydrogen-bond donors (Lipinski definition) is 2. The highest BCUT2D eigenvalue weighted by molar-refractivity contribution is 7.89. The van der Waals surface area contributed by atoms with Gasteiger partial charge in [0.2, 0.25) is 15.9 Å². The van der Waals surface area contributed by atoms with E-state index in [-0.39, 0.29) is 16.6 Å². The molecule has 1 heterocycles. The number of sulfonamides is 1. The predicted octanol–water partition coefficient (Wildman–Crippen LogP) is 1.76. The summed E-state index contributed by atoms with van der Waals surface area (Å²) in [6.07, 6.45) is 8.13. The smallest absolute Gasteiger partial charge is 0.243 e.